The van der Waals surface area contributed by atoms with Gasteiger partial charge in [-0.2, -0.15) is 10.4 Å². The van der Waals surface area contributed by atoms with E-state index >= 15 is 0 Å². The lowest BCUT2D eigenvalue weighted by Crippen LogP contribution is -2.32. The maximum Gasteiger partial charge on any atom is 0.115 e. The number of nitriles is 1. The SMILES string of the molecule is CCNC(C#N)Cn1nc(C)c(Br)c1C. The Morgan fingerprint density at radius 1 is 1.60 bits per heavy atom. The van der Waals surface area contributed by atoms with Crippen LogP contribution in [0.5, 0.6) is 0 Å². The van der Waals surface area contributed by atoms with E-state index in [2.05, 4.69) is 32.4 Å². The highest BCUT2D eigenvalue weighted by Gasteiger charge is 2.12. The van der Waals surface area contributed by atoms with Crippen molar-refractivity contribution in [3.05, 3.63) is 15.9 Å². The maximum absolute atomic E-state index is 8.92. The molecule has 1 atom stereocenters. The highest BCUT2D eigenvalue weighted by Crippen LogP contribution is 2.19. The van der Waals surface area contributed by atoms with Crippen LogP contribution < -0.4 is 5.32 Å². The molecule has 1 N–H and O–H groups in total. The molecule has 0 saturated heterocycles. The molecule has 0 aliphatic heterocycles. The molecule has 1 unspecified atom stereocenters. The maximum atomic E-state index is 8.92. The second-order valence-corrected chi connectivity index (χ2v) is 4.20. The van der Waals surface area contributed by atoms with Gasteiger partial charge in [0.1, 0.15) is 6.04 Å². The average molecular weight is 271 g/mol. The van der Waals surface area contributed by atoms with E-state index in [9.17, 15) is 0 Å². The zero-order valence-corrected chi connectivity index (χ0v) is 10.8. The number of aromatic nitrogens is 2. The van der Waals surface area contributed by atoms with E-state index in [1.165, 1.54) is 0 Å². The second-order valence-electron chi connectivity index (χ2n) is 3.41. The predicted octanol–water partition coefficient (Wildman–Crippen LogP) is 1.76. The molecular formula is C10H15BrN4. The molecule has 0 saturated carbocycles. The first-order valence-corrected chi connectivity index (χ1v) is 5.72. The number of rotatable bonds is 4. The molecule has 0 aromatic carbocycles. The minimum absolute atomic E-state index is 0.181. The van der Waals surface area contributed by atoms with Crippen LogP contribution in [0.3, 0.4) is 0 Å². The molecule has 1 aromatic rings. The second kappa shape index (κ2) is 5.29. The Bertz CT molecular complexity index is 378. The van der Waals surface area contributed by atoms with Gasteiger partial charge in [-0.15, -0.1) is 0 Å². The standard InChI is InChI=1S/C10H15BrN4/c1-4-13-9(5-12)6-15-8(3)10(11)7(2)14-15/h9,13H,4,6H2,1-3H3. The third-order valence-electron chi connectivity index (χ3n) is 2.26. The molecule has 4 nitrogen and oxygen atoms in total. The van der Waals surface area contributed by atoms with Gasteiger partial charge in [0.05, 0.1) is 22.8 Å². The number of nitrogens with one attached hydrogen (secondary N) is 1. The molecule has 0 spiro atoms. The van der Waals surface area contributed by atoms with Crippen molar-refractivity contribution in [1.29, 1.82) is 5.26 Å². The van der Waals surface area contributed by atoms with E-state index in [4.69, 9.17) is 5.26 Å². The third-order valence-corrected chi connectivity index (χ3v) is 3.40. The summed E-state index contributed by atoms with van der Waals surface area (Å²) < 4.78 is 2.88. The van der Waals surface area contributed by atoms with E-state index in [-0.39, 0.29) is 6.04 Å². The predicted molar refractivity (Wildman–Crippen MR) is 62.5 cm³/mol. The van der Waals surface area contributed by atoms with E-state index in [1.807, 2.05) is 25.5 Å². The van der Waals surface area contributed by atoms with Crippen molar-refractivity contribution in [2.45, 2.75) is 33.4 Å². The molecule has 15 heavy (non-hydrogen) atoms. The molecule has 0 bridgehead atoms. The van der Waals surface area contributed by atoms with Gasteiger partial charge >= 0.3 is 0 Å². The van der Waals surface area contributed by atoms with Crippen LogP contribution in [0, 0.1) is 25.2 Å². The third kappa shape index (κ3) is 2.80. The molecule has 5 heteroatoms. The molecule has 0 aliphatic rings. The first-order chi connectivity index (χ1) is 7.10. The van der Waals surface area contributed by atoms with Crippen molar-refractivity contribution in [3.63, 3.8) is 0 Å². The smallest absolute Gasteiger partial charge is 0.115 e. The van der Waals surface area contributed by atoms with Crippen molar-refractivity contribution in [2.24, 2.45) is 0 Å². The Labute approximate surface area is 98.4 Å². The topological polar surface area (TPSA) is 53.6 Å². The molecule has 1 rings (SSSR count). The zero-order valence-electron chi connectivity index (χ0n) is 9.21. The van der Waals surface area contributed by atoms with Crippen LogP contribution in [-0.4, -0.2) is 22.4 Å². The minimum atomic E-state index is -0.181. The Kier molecular flexibility index (Phi) is 4.30. The fourth-order valence-corrected chi connectivity index (χ4v) is 1.71. The van der Waals surface area contributed by atoms with Gasteiger partial charge in [0.15, 0.2) is 0 Å². The number of nitrogens with zero attached hydrogens (tertiary/aromatic N) is 3. The highest BCUT2D eigenvalue weighted by molar-refractivity contribution is 9.10. The first-order valence-electron chi connectivity index (χ1n) is 4.92. The number of likely N-dealkylation sites (N-methyl/N-ethyl adjacent to an activating group) is 1. The molecule has 1 heterocycles. The van der Waals surface area contributed by atoms with Crippen LogP contribution in [0.4, 0.5) is 0 Å². The number of aryl methyl sites for hydroxylation is 1. The lowest BCUT2D eigenvalue weighted by Gasteiger charge is -2.10. The minimum Gasteiger partial charge on any atom is -0.301 e. The molecular weight excluding hydrogens is 256 g/mol. The van der Waals surface area contributed by atoms with E-state index in [0.29, 0.717) is 6.54 Å². The largest absolute Gasteiger partial charge is 0.301 e. The van der Waals surface area contributed by atoms with Gasteiger partial charge in [-0.25, -0.2) is 0 Å². The summed E-state index contributed by atoms with van der Waals surface area (Å²) >= 11 is 3.46. The van der Waals surface area contributed by atoms with Crippen molar-refractivity contribution in [3.8, 4) is 6.07 Å². The average Bonchev–Trinajstić information content (AvgIpc) is 2.46. The quantitative estimate of drug-likeness (QED) is 0.907. The van der Waals surface area contributed by atoms with E-state index in [1.54, 1.807) is 0 Å². The summed E-state index contributed by atoms with van der Waals surface area (Å²) in [5.74, 6) is 0. The first kappa shape index (κ1) is 12.2. The Morgan fingerprint density at radius 2 is 2.27 bits per heavy atom. The van der Waals surface area contributed by atoms with Crippen LogP contribution in [0.25, 0.3) is 0 Å². The van der Waals surface area contributed by atoms with Crippen LogP contribution >= 0.6 is 15.9 Å². The Hall–Kier alpha value is -0.860. The normalized spacial score (nSPS) is 12.5. The summed E-state index contributed by atoms with van der Waals surface area (Å²) in [6, 6.07) is 2.04. The van der Waals surface area contributed by atoms with Gasteiger partial charge in [0.25, 0.3) is 0 Å². The van der Waals surface area contributed by atoms with Gasteiger partial charge in [-0.1, -0.05) is 6.92 Å². The number of halogens is 1. The van der Waals surface area contributed by atoms with Crippen molar-refractivity contribution in [1.82, 2.24) is 15.1 Å². The Morgan fingerprint density at radius 3 is 2.67 bits per heavy atom. The summed E-state index contributed by atoms with van der Waals surface area (Å²) in [5.41, 5.74) is 2.02. The molecule has 0 aliphatic carbocycles. The number of hydrogen-bond acceptors (Lipinski definition) is 3. The summed E-state index contributed by atoms with van der Waals surface area (Å²) in [4.78, 5) is 0. The fourth-order valence-electron chi connectivity index (χ4n) is 1.42. The van der Waals surface area contributed by atoms with Gasteiger partial charge in [-0.05, 0) is 36.3 Å². The van der Waals surface area contributed by atoms with E-state index in [0.717, 1.165) is 22.4 Å². The van der Waals surface area contributed by atoms with Gasteiger partial charge in [0.2, 0.25) is 0 Å². The fraction of sp³-hybridized carbons (Fsp3) is 0.600. The molecule has 0 radical (unpaired) electrons. The molecule has 1 aromatic heterocycles. The highest BCUT2D eigenvalue weighted by atomic mass is 79.9. The van der Waals surface area contributed by atoms with Gasteiger partial charge in [0, 0.05) is 5.69 Å². The van der Waals surface area contributed by atoms with Crippen LogP contribution in [0.1, 0.15) is 18.3 Å². The zero-order chi connectivity index (χ0) is 11.4. The Balaban J connectivity index is 2.80. The molecule has 82 valence electrons. The lowest BCUT2D eigenvalue weighted by molar-refractivity contribution is 0.492. The number of hydrogen-bond donors (Lipinski definition) is 1. The summed E-state index contributed by atoms with van der Waals surface area (Å²) in [7, 11) is 0. The summed E-state index contributed by atoms with van der Waals surface area (Å²) in [5, 5.41) is 16.4. The summed E-state index contributed by atoms with van der Waals surface area (Å²) in [6.45, 7) is 7.30. The van der Waals surface area contributed by atoms with Crippen molar-refractivity contribution in [2.75, 3.05) is 6.54 Å². The summed E-state index contributed by atoms with van der Waals surface area (Å²) in [6.07, 6.45) is 0. The van der Waals surface area contributed by atoms with Crippen molar-refractivity contribution < 1.29 is 0 Å². The molecule has 0 amide bonds. The van der Waals surface area contributed by atoms with Gasteiger partial charge < -0.3 is 5.32 Å². The van der Waals surface area contributed by atoms with Crippen LogP contribution in [-0.2, 0) is 6.54 Å². The lowest BCUT2D eigenvalue weighted by atomic mass is 10.3. The van der Waals surface area contributed by atoms with Crippen molar-refractivity contribution >= 4 is 15.9 Å². The monoisotopic (exact) mass is 270 g/mol. The van der Waals surface area contributed by atoms with E-state index < -0.39 is 0 Å². The van der Waals surface area contributed by atoms with Crippen LogP contribution in [0.15, 0.2) is 4.47 Å². The van der Waals surface area contributed by atoms with Crippen LogP contribution in [0.2, 0.25) is 0 Å². The molecule has 0 fully saturated rings. The van der Waals surface area contributed by atoms with Gasteiger partial charge in [-0.3, -0.25) is 4.68 Å².